The van der Waals surface area contributed by atoms with Gasteiger partial charge in [0.15, 0.2) is 6.10 Å². The molecule has 8 heteroatoms. The number of aliphatic carboxylic acids is 1. The molecule has 2 unspecified atom stereocenters. The van der Waals surface area contributed by atoms with Crippen LogP contribution in [0.2, 0.25) is 0 Å². The maximum absolute atomic E-state index is 11.4. The topological polar surface area (TPSA) is 102 Å². The number of hydrogen-bond acceptors (Lipinski definition) is 5. The molecule has 17 heavy (non-hydrogen) atoms. The van der Waals surface area contributed by atoms with Crippen molar-refractivity contribution in [2.24, 2.45) is 0 Å². The van der Waals surface area contributed by atoms with Crippen molar-refractivity contribution in [1.29, 1.82) is 0 Å². The van der Waals surface area contributed by atoms with E-state index in [9.17, 15) is 13.2 Å². The standard InChI is InChI=1S/C9H17NO6S/c1-15-4-5-17(13,14)10-6-7-2-3-8(16-7)9(11)12/h7-8,10H,2-6H2,1H3,(H,11,12). The van der Waals surface area contributed by atoms with Crippen LogP contribution in [0.5, 0.6) is 0 Å². The molecule has 0 saturated carbocycles. The molecule has 0 bridgehead atoms. The molecule has 1 fully saturated rings. The Morgan fingerprint density at radius 3 is 2.76 bits per heavy atom. The summed E-state index contributed by atoms with van der Waals surface area (Å²) in [6.45, 7) is 0.231. The van der Waals surface area contributed by atoms with Crippen molar-refractivity contribution in [2.75, 3.05) is 26.0 Å². The molecule has 2 atom stereocenters. The highest BCUT2D eigenvalue weighted by Gasteiger charge is 2.30. The molecule has 0 radical (unpaired) electrons. The van der Waals surface area contributed by atoms with Gasteiger partial charge in [0.1, 0.15) is 0 Å². The van der Waals surface area contributed by atoms with Crippen LogP contribution in [0.3, 0.4) is 0 Å². The van der Waals surface area contributed by atoms with Gasteiger partial charge in [-0.2, -0.15) is 0 Å². The lowest BCUT2D eigenvalue weighted by atomic mass is 10.2. The molecule has 1 heterocycles. The third kappa shape index (κ3) is 4.99. The lowest BCUT2D eigenvalue weighted by molar-refractivity contribution is -0.149. The third-order valence-electron chi connectivity index (χ3n) is 2.47. The number of sulfonamides is 1. The molecule has 1 aliphatic rings. The molecule has 0 spiro atoms. The largest absolute Gasteiger partial charge is 0.479 e. The molecule has 100 valence electrons. The summed E-state index contributed by atoms with van der Waals surface area (Å²) in [4.78, 5) is 10.6. The fourth-order valence-electron chi connectivity index (χ4n) is 1.52. The van der Waals surface area contributed by atoms with E-state index in [1.54, 1.807) is 0 Å². The maximum Gasteiger partial charge on any atom is 0.332 e. The highest BCUT2D eigenvalue weighted by atomic mass is 32.2. The number of rotatable bonds is 7. The Bertz CT molecular complexity index is 354. The minimum Gasteiger partial charge on any atom is -0.479 e. The van der Waals surface area contributed by atoms with E-state index in [1.807, 2.05) is 0 Å². The lowest BCUT2D eigenvalue weighted by Crippen LogP contribution is -2.35. The highest BCUT2D eigenvalue weighted by molar-refractivity contribution is 7.89. The van der Waals surface area contributed by atoms with Crippen molar-refractivity contribution in [2.45, 2.75) is 25.0 Å². The molecule has 1 rings (SSSR count). The zero-order valence-electron chi connectivity index (χ0n) is 9.59. The maximum atomic E-state index is 11.4. The SMILES string of the molecule is COCCS(=O)(=O)NCC1CCC(C(=O)O)O1. The van der Waals surface area contributed by atoms with E-state index in [1.165, 1.54) is 7.11 Å². The minimum absolute atomic E-state index is 0.107. The van der Waals surface area contributed by atoms with Gasteiger partial charge in [-0.05, 0) is 12.8 Å². The Balaban J connectivity index is 2.30. The smallest absolute Gasteiger partial charge is 0.332 e. The van der Waals surface area contributed by atoms with Crippen LogP contribution in [0.1, 0.15) is 12.8 Å². The molecule has 1 saturated heterocycles. The van der Waals surface area contributed by atoms with Crippen LogP contribution >= 0.6 is 0 Å². The van der Waals surface area contributed by atoms with Crippen LogP contribution in [0.15, 0.2) is 0 Å². The van der Waals surface area contributed by atoms with E-state index in [2.05, 4.69) is 9.46 Å². The Kier molecular flexibility index (Phi) is 5.31. The molecule has 0 aromatic heterocycles. The van der Waals surface area contributed by atoms with Crippen LogP contribution in [-0.4, -0.2) is 57.7 Å². The number of nitrogens with one attached hydrogen (secondary N) is 1. The first kappa shape index (κ1) is 14.4. The fraction of sp³-hybridized carbons (Fsp3) is 0.889. The molecule has 0 aromatic carbocycles. The molecule has 1 aliphatic heterocycles. The molecular formula is C9H17NO6S. The number of ether oxygens (including phenoxy) is 2. The Labute approximate surface area is 100 Å². The molecule has 0 aliphatic carbocycles. The Hall–Kier alpha value is -0.700. The van der Waals surface area contributed by atoms with Crippen molar-refractivity contribution in [3.05, 3.63) is 0 Å². The third-order valence-corrected chi connectivity index (χ3v) is 3.78. The minimum atomic E-state index is -3.37. The van der Waals surface area contributed by atoms with Crippen molar-refractivity contribution < 1.29 is 27.8 Å². The summed E-state index contributed by atoms with van der Waals surface area (Å²) in [5.74, 6) is -1.12. The second kappa shape index (κ2) is 6.29. The first-order chi connectivity index (χ1) is 7.94. The second-order valence-electron chi connectivity index (χ2n) is 3.82. The van der Waals surface area contributed by atoms with E-state index < -0.39 is 22.1 Å². The first-order valence-electron chi connectivity index (χ1n) is 5.29. The predicted molar refractivity (Wildman–Crippen MR) is 59.2 cm³/mol. The summed E-state index contributed by atoms with van der Waals surface area (Å²) < 4.78 is 35.0. The number of carbonyl (C=O) groups is 1. The van der Waals surface area contributed by atoms with Gasteiger partial charge in [0.05, 0.1) is 18.5 Å². The van der Waals surface area contributed by atoms with Crippen LogP contribution in [0, 0.1) is 0 Å². The van der Waals surface area contributed by atoms with E-state index in [0.717, 1.165) is 0 Å². The molecule has 7 nitrogen and oxygen atoms in total. The lowest BCUT2D eigenvalue weighted by Gasteiger charge is -2.12. The number of hydrogen-bond donors (Lipinski definition) is 2. The van der Waals surface area contributed by atoms with Crippen molar-refractivity contribution in [1.82, 2.24) is 4.72 Å². The summed E-state index contributed by atoms with van der Waals surface area (Å²) in [7, 11) is -1.95. The van der Waals surface area contributed by atoms with Gasteiger partial charge in [0, 0.05) is 13.7 Å². The number of methoxy groups -OCH3 is 1. The van der Waals surface area contributed by atoms with Crippen LogP contribution in [0.25, 0.3) is 0 Å². The Morgan fingerprint density at radius 1 is 1.53 bits per heavy atom. The van der Waals surface area contributed by atoms with Gasteiger partial charge in [-0.3, -0.25) is 0 Å². The molecule has 2 N–H and O–H groups in total. The van der Waals surface area contributed by atoms with E-state index in [4.69, 9.17) is 9.84 Å². The average Bonchev–Trinajstić information content (AvgIpc) is 2.73. The zero-order valence-corrected chi connectivity index (χ0v) is 10.4. The molecular weight excluding hydrogens is 250 g/mol. The first-order valence-corrected chi connectivity index (χ1v) is 6.94. The quantitative estimate of drug-likeness (QED) is 0.625. The van der Waals surface area contributed by atoms with E-state index >= 15 is 0 Å². The number of carboxylic acids is 1. The molecule has 0 amide bonds. The van der Waals surface area contributed by atoms with E-state index in [-0.39, 0.29) is 25.0 Å². The monoisotopic (exact) mass is 267 g/mol. The summed E-state index contributed by atoms with van der Waals surface area (Å²) >= 11 is 0. The van der Waals surface area contributed by atoms with Gasteiger partial charge in [-0.1, -0.05) is 0 Å². The average molecular weight is 267 g/mol. The van der Waals surface area contributed by atoms with Gasteiger partial charge >= 0.3 is 5.97 Å². The summed E-state index contributed by atoms with van der Waals surface area (Å²) in [5.41, 5.74) is 0. The van der Waals surface area contributed by atoms with Gasteiger partial charge in [0.2, 0.25) is 10.0 Å². The van der Waals surface area contributed by atoms with Crippen LogP contribution in [0.4, 0.5) is 0 Å². The Morgan fingerprint density at radius 2 is 2.24 bits per heavy atom. The van der Waals surface area contributed by atoms with Crippen LogP contribution in [-0.2, 0) is 24.3 Å². The number of carboxylic acid groups (broad SMARTS) is 1. The fourth-order valence-corrected chi connectivity index (χ4v) is 2.49. The molecule has 0 aromatic rings. The second-order valence-corrected chi connectivity index (χ2v) is 5.75. The normalized spacial score (nSPS) is 25.0. The van der Waals surface area contributed by atoms with Gasteiger partial charge in [-0.15, -0.1) is 0 Å². The summed E-state index contributed by atoms with van der Waals surface area (Å²) in [6.07, 6.45) is -0.222. The predicted octanol–water partition coefficient (Wildman–Crippen LogP) is -0.816. The van der Waals surface area contributed by atoms with Gasteiger partial charge < -0.3 is 14.6 Å². The van der Waals surface area contributed by atoms with Crippen molar-refractivity contribution >= 4 is 16.0 Å². The van der Waals surface area contributed by atoms with E-state index in [0.29, 0.717) is 12.8 Å². The van der Waals surface area contributed by atoms with Gasteiger partial charge in [-0.25, -0.2) is 17.9 Å². The van der Waals surface area contributed by atoms with Gasteiger partial charge in [0.25, 0.3) is 0 Å². The van der Waals surface area contributed by atoms with Crippen molar-refractivity contribution in [3.8, 4) is 0 Å². The summed E-state index contributed by atoms with van der Waals surface area (Å²) in [6, 6.07) is 0. The van der Waals surface area contributed by atoms with Crippen LogP contribution < -0.4 is 4.72 Å². The van der Waals surface area contributed by atoms with Crippen molar-refractivity contribution in [3.63, 3.8) is 0 Å². The highest BCUT2D eigenvalue weighted by Crippen LogP contribution is 2.19. The summed E-state index contributed by atoms with van der Waals surface area (Å²) in [5, 5.41) is 8.70. The zero-order chi connectivity index (χ0) is 12.9.